The van der Waals surface area contributed by atoms with Gasteiger partial charge in [0.05, 0.1) is 6.10 Å². The summed E-state index contributed by atoms with van der Waals surface area (Å²) >= 11 is 0. The number of rotatable bonds is 4. The van der Waals surface area contributed by atoms with Gasteiger partial charge in [0.15, 0.2) is 6.10 Å². The van der Waals surface area contributed by atoms with Gasteiger partial charge in [0.2, 0.25) is 0 Å². The minimum Gasteiger partial charge on any atom is -0.360 e. The molecule has 1 aromatic rings. The second kappa shape index (κ2) is 6.86. The molecule has 1 aliphatic carbocycles. The fourth-order valence-corrected chi connectivity index (χ4v) is 2.81. The summed E-state index contributed by atoms with van der Waals surface area (Å²) < 4.78 is 6.06. The van der Waals surface area contributed by atoms with Gasteiger partial charge in [0, 0.05) is 0 Å². The van der Waals surface area contributed by atoms with Crippen LogP contribution in [0.15, 0.2) is 30.3 Å². The van der Waals surface area contributed by atoms with E-state index in [1.807, 2.05) is 30.3 Å². The first-order valence-electron chi connectivity index (χ1n) is 7.32. The van der Waals surface area contributed by atoms with Crippen LogP contribution in [0.3, 0.4) is 0 Å². The van der Waals surface area contributed by atoms with E-state index in [4.69, 9.17) is 10.6 Å². The third-order valence-electron chi connectivity index (χ3n) is 4.36. The van der Waals surface area contributed by atoms with Crippen molar-refractivity contribution in [3.63, 3.8) is 0 Å². The molecule has 110 valence electrons. The molecule has 1 saturated carbocycles. The maximum atomic E-state index is 12.0. The minimum atomic E-state index is -0.619. The maximum Gasteiger partial charge on any atom is 0.267 e. The zero-order chi connectivity index (χ0) is 14.5. The Kier molecular flexibility index (Phi) is 5.15. The molecule has 0 heterocycles. The van der Waals surface area contributed by atoms with Crippen molar-refractivity contribution in [2.24, 2.45) is 17.7 Å². The van der Waals surface area contributed by atoms with E-state index >= 15 is 0 Å². The van der Waals surface area contributed by atoms with Crippen LogP contribution in [0.1, 0.15) is 44.8 Å². The Balaban J connectivity index is 2.07. The van der Waals surface area contributed by atoms with Crippen molar-refractivity contribution >= 4 is 5.91 Å². The van der Waals surface area contributed by atoms with E-state index in [1.165, 1.54) is 0 Å². The average molecular weight is 276 g/mol. The summed E-state index contributed by atoms with van der Waals surface area (Å²) in [5.74, 6) is 6.36. The van der Waals surface area contributed by atoms with Crippen LogP contribution in [0.4, 0.5) is 0 Å². The number of hydrogen-bond donors (Lipinski definition) is 2. The van der Waals surface area contributed by atoms with Crippen LogP contribution in [0.2, 0.25) is 0 Å². The van der Waals surface area contributed by atoms with Gasteiger partial charge >= 0.3 is 0 Å². The Labute approximate surface area is 120 Å². The second-order valence-electron chi connectivity index (χ2n) is 5.83. The summed E-state index contributed by atoms with van der Waals surface area (Å²) in [6.07, 6.45) is 2.67. The van der Waals surface area contributed by atoms with Crippen LogP contribution in [0, 0.1) is 11.8 Å². The van der Waals surface area contributed by atoms with Gasteiger partial charge in [-0.15, -0.1) is 0 Å². The number of amides is 1. The van der Waals surface area contributed by atoms with E-state index in [9.17, 15) is 4.79 Å². The van der Waals surface area contributed by atoms with Crippen molar-refractivity contribution in [3.8, 4) is 0 Å². The summed E-state index contributed by atoms with van der Waals surface area (Å²) in [5.41, 5.74) is 3.06. The van der Waals surface area contributed by atoms with Gasteiger partial charge in [-0.3, -0.25) is 10.2 Å². The van der Waals surface area contributed by atoms with Crippen molar-refractivity contribution in [2.45, 2.75) is 45.3 Å². The molecule has 0 radical (unpaired) electrons. The topological polar surface area (TPSA) is 64.3 Å². The van der Waals surface area contributed by atoms with E-state index in [1.54, 1.807) is 0 Å². The molecule has 4 heteroatoms. The minimum absolute atomic E-state index is 0.128. The number of nitrogens with one attached hydrogen (secondary N) is 1. The first kappa shape index (κ1) is 15.0. The molecule has 0 aromatic heterocycles. The predicted octanol–water partition coefficient (Wildman–Crippen LogP) is 2.56. The molecule has 0 spiro atoms. The first-order valence-corrected chi connectivity index (χ1v) is 7.32. The van der Waals surface area contributed by atoms with Gasteiger partial charge in [-0.1, -0.05) is 44.2 Å². The number of benzene rings is 1. The van der Waals surface area contributed by atoms with Crippen molar-refractivity contribution in [3.05, 3.63) is 35.9 Å². The van der Waals surface area contributed by atoms with Crippen LogP contribution in [-0.4, -0.2) is 12.0 Å². The molecule has 3 N–H and O–H groups in total. The Morgan fingerprint density at radius 1 is 1.25 bits per heavy atom. The Bertz CT molecular complexity index is 435. The molecule has 0 bridgehead atoms. The van der Waals surface area contributed by atoms with Crippen molar-refractivity contribution in [1.82, 2.24) is 5.43 Å². The average Bonchev–Trinajstić information content (AvgIpc) is 2.48. The molecular weight excluding hydrogens is 252 g/mol. The van der Waals surface area contributed by atoms with E-state index in [2.05, 4.69) is 19.3 Å². The summed E-state index contributed by atoms with van der Waals surface area (Å²) in [6.45, 7) is 4.53. The largest absolute Gasteiger partial charge is 0.360 e. The Hall–Kier alpha value is -1.39. The normalized spacial score (nSPS) is 27.9. The Morgan fingerprint density at radius 2 is 1.95 bits per heavy atom. The fraction of sp³-hybridized carbons (Fsp3) is 0.562. The first-order chi connectivity index (χ1) is 9.61. The van der Waals surface area contributed by atoms with Gasteiger partial charge in [-0.05, 0) is 36.7 Å². The summed E-state index contributed by atoms with van der Waals surface area (Å²) in [7, 11) is 0. The molecule has 4 atom stereocenters. The van der Waals surface area contributed by atoms with E-state index < -0.39 is 6.10 Å². The highest BCUT2D eigenvalue weighted by atomic mass is 16.5. The van der Waals surface area contributed by atoms with Crippen LogP contribution in [-0.2, 0) is 9.53 Å². The van der Waals surface area contributed by atoms with Gasteiger partial charge in [0.1, 0.15) is 0 Å². The quantitative estimate of drug-likeness (QED) is 0.504. The van der Waals surface area contributed by atoms with E-state index in [0.717, 1.165) is 30.7 Å². The predicted molar refractivity (Wildman–Crippen MR) is 78.6 cm³/mol. The number of carbonyl (C=O) groups is 1. The molecule has 0 saturated heterocycles. The van der Waals surface area contributed by atoms with E-state index in [0.29, 0.717) is 5.92 Å². The molecule has 2 rings (SSSR count). The van der Waals surface area contributed by atoms with E-state index in [-0.39, 0.29) is 12.0 Å². The molecule has 1 aliphatic rings. The number of hydrogen-bond acceptors (Lipinski definition) is 3. The van der Waals surface area contributed by atoms with Crippen LogP contribution >= 0.6 is 0 Å². The van der Waals surface area contributed by atoms with Crippen LogP contribution in [0.25, 0.3) is 0 Å². The van der Waals surface area contributed by atoms with Gasteiger partial charge in [-0.2, -0.15) is 0 Å². The summed E-state index contributed by atoms with van der Waals surface area (Å²) in [5, 5.41) is 0. The van der Waals surface area contributed by atoms with Crippen LogP contribution < -0.4 is 11.3 Å². The van der Waals surface area contributed by atoms with Crippen molar-refractivity contribution < 1.29 is 9.53 Å². The maximum absolute atomic E-state index is 12.0. The monoisotopic (exact) mass is 276 g/mol. The lowest BCUT2D eigenvalue weighted by molar-refractivity contribution is -0.140. The molecule has 1 aromatic carbocycles. The highest BCUT2D eigenvalue weighted by Crippen LogP contribution is 2.33. The highest BCUT2D eigenvalue weighted by molar-refractivity contribution is 5.81. The molecule has 1 amide bonds. The van der Waals surface area contributed by atoms with Gasteiger partial charge in [0.25, 0.3) is 5.91 Å². The number of hydrazine groups is 1. The lowest BCUT2D eigenvalue weighted by Gasteiger charge is -2.33. The lowest BCUT2D eigenvalue weighted by atomic mass is 9.80. The highest BCUT2D eigenvalue weighted by Gasteiger charge is 2.30. The zero-order valence-corrected chi connectivity index (χ0v) is 12.2. The number of nitrogens with two attached hydrogens (primary N) is 1. The number of ether oxygens (including phenoxy) is 1. The zero-order valence-electron chi connectivity index (χ0n) is 12.2. The standard InChI is InChI=1S/C16H24N2O2/c1-11-8-9-14(10-12(11)2)20-15(16(19)18-17)13-6-4-3-5-7-13/h3-7,11-12,14-15H,8-10,17H2,1-2H3,(H,18,19). The molecule has 1 fully saturated rings. The molecule has 4 unspecified atom stereocenters. The SMILES string of the molecule is CC1CCC(OC(C(=O)NN)c2ccccc2)CC1C. The Morgan fingerprint density at radius 3 is 2.55 bits per heavy atom. The fourth-order valence-electron chi connectivity index (χ4n) is 2.81. The second-order valence-corrected chi connectivity index (χ2v) is 5.83. The number of carbonyl (C=O) groups excluding carboxylic acids is 1. The third kappa shape index (κ3) is 3.58. The summed E-state index contributed by atoms with van der Waals surface area (Å²) in [4.78, 5) is 12.0. The van der Waals surface area contributed by atoms with Gasteiger partial charge in [-0.25, -0.2) is 5.84 Å². The molecular formula is C16H24N2O2. The molecule has 4 nitrogen and oxygen atoms in total. The molecule has 0 aliphatic heterocycles. The van der Waals surface area contributed by atoms with Gasteiger partial charge < -0.3 is 4.74 Å². The third-order valence-corrected chi connectivity index (χ3v) is 4.36. The summed E-state index contributed by atoms with van der Waals surface area (Å²) in [6, 6.07) is 9.52. The molecule has 20 heavy (non-hydrogen) atoms. The smallest absolute Gasteiger partial charge is 0.267 e. The van der Waals surface area contributed by atoms with Crippen molar-refractivity contribution in [2.75, 3.05) is 0 Å². The van der Waals surface area contributed by atoms with Crippen molar-refractivity contribution in [1.29, 1.82) is 0 Å². The lowest BCUT2D eigenvalue weighted by Crippen LogP contribution is -2.38. The van der Waals surface area contributed by atoms with Crippen LogP contribution in [0.5, 0.6) is 0 Å².